The zero-order chi connectivity index (χ0) is 9.84. The van der Waals surface area contributed by atoms with Gasteiger partial charge in [0.15, 0.2) is 0 Å². The third-order valence-electron chi connectivity index (χ3n) is 3.61. The first kappa shape index (κ1) is 10.8. The molecule has 0 radical (unpaired) electrons. The molecule has 0 spiro atoms. The van der Waals surface area contributed by atoms with Crippen LogP contribution in [0.15, 0.2) is 12.2 Å². The molecule has 0 heteroatoms. The normalized spacial score (nSPS) is 30.8. The molecule has 1 saturated carbocycles. The summed E-state index contributed by atoms with van der Waals surface area (Å²) in [6, 6.07) is 0. The predicted octanol–water partition coefficient (Wildman–Crippen LogP) is 4.42. The average Bonchev–Trinajstić information content (AvgIpc) is 2.41. The first-order chi connectivity index (χ1) is 6.15. The van der Waals surface area contributed by atoms with Crippen LogP contribution in [-0.4, -0.2) is 0 Å². The maximum absolute atomic E-state index is 4.12. The van der Waals surface area contributed by atoms with Crippen LogP contribution in [0.5, 0.6) is 0 Å². The summed E-state index contributed by atoms with van der Waals surface area (Å²) in [6.07, 6.45) is 6.73. The zero-order valence-electron chi connectivity index (χ0n) is 9.47. The lowest BCUT2D eigenvalue weighted by Crippen LogP contribution is -2.14. The fraction of sp³-hybridized carbons (Fsp3) is 0.846. The first-order valence-corrected chi connectivity index (χ1v) is 5.81. The van der Waals surface area contributed by atoms with E-state index in [1.54, 1.807) is 0 Å². The van der Waals surface area contributed by atoms with Crippen molar-refractivity contribution in [1.29, 1.82) is 0 Å². The molecule has 0 saturated heterocycles. The molecule has 0 aromatic carbocycles. The highest BCUT2D eigenvalue weighted by atomic mass is 14.3. The monoisotopic (exact) mass is 180 g/mol. The summed E-state index contributed by atoms with van der Waals surface area (Å²) in [4.78, 5) is 0. The number of allylic oxidation sites excluding steroid dienone is 1. The van der Waals surface area contributed by atoms with Crippen molar-refractivity contribution in [2.24, 2.45) is 17.8 Å². The van der Waals surface area contributed by atoms with E-state index in [0.717, 1.165) is 17.8 Å². The average molecular weight is 180 g/mol. The Morgan fingerprint density at radius 3 is 2.62 bits per heavy atom. The second-order valence-corrected chi connectivity index (χ2v) is 4.92. The molecule has 1 aliphatic rings. The van der Waals surface area contributed by atoms with Gasteiger partial charge >= 0.3 is 0 Å². The molecule has 76 valence electrons. The topological polar surface area (TPSA) is 0 Å². The van der Waals surface area contributed by atoms with Crippen LogP contribution in [0.25, 0.3) is 0 Å². The van der Waals surface area contributed by atoms with E-state index in [4.69, 9.17) is 0 Å². The number of hydrogen-bond donors (Lipinski definition) is 0. The Morgan fingerprint density at radius 1 is 1.46 bits per heavy atom. The molecular weight excluding hydrogens is 156 g/mol. The zero-order valence-corrected chi connectivity index (χ0v) is 9.47. The minimum atomic E-state index is 0.888. The third-order valence-corrected chi connectivity index (χ3v) is 3.61. The van der Waals surface area contributed by atoms with Crippen LogP contribution in [0.4, 0.5) is 0 Å². The molecule has 0 amide bonds. The Labute approximate surface area is 83.4 Å². The first-order valence-electron chi connectivity index (χ1n) is 5.81. The Balaban J connectivity index is 2.37. The van der Waals surface area contributed by atoms with Crippen molar-refractivity contribution in [1.82, 2.24) is 0 Å². The van der Waals surface area contributed by atoms with E-state index >= 15 is 0 Å². The number of rotatable bonds is 4. The molecule has 0 aromatic rings. The maximum Gasteiger partial charge on any atom is -0.0289 e. The van der Waals surface area contributed by atoms with Crippen LogP contribution >= 0.6 is 0 Å². The Bertz CT molecular complexity index is 169. The molecule has 0 aliphatic heterocycles. The predicted molar refractivity (Wildman–Crippen MR) is 59.7 cm³/mol. The van der Waals surface area contributed by atoms with Gasteiger partial charge in [-0.15, -0.1) is 0 Å². The molecular formula is C13H24. The maximum atomic E-state index is 4.12. The molecule has 3 unspecified atom stereocenters. The number of unbranched alkanes of at least 4 members (excludes halogenated alkanes) is 1. The van der Waals surface area contributed by atoms with E-state index in [0.29, 0.717) is 0 Å². The molecule has 1 rings (SSSR count). The summed E-state index contributed by atoms with van der Waals surface area (Å²) < 4.78 is 0. The van der Waals surface area contributed by atoms with Crippen molar-refractivity contribution in [2.45, 2.75) is 52.9 Å². The van der Waals surface area contributed by atoms with Gasteiger partial charge in [-0.3, -0.25) is 0 Å². The molecule has 0 aromatic heterocycles. The van der Waals surface area contributed by atoms with Gasteiger partial charge in [0.25, 0.3) is 0 Å². The Hall–Kier alpha value is -0.260. The molecule has 13 heavy (non-hydrogen) atoms. The Morgan fingerprint density at radius 2 is 2.15 bits per heavy atom. The van der Waals surface area contributed by atoms with Gasteiger partial charge in [-0.2, -0.15) is 0 Å². The Kier molecular flexibility index (Phi) is 4.02. The van der Waals surface area contributed by atoms with E-state index in [1.807, 2.05) is 0 Å². The van der Waals surface area contributed by atoms with Crippen molar-refractivity contribution in [2.75, 3.05) is 0 Å². The lowest BCUT2D eigenvalue weighted by atomic mass is 9.83. The standard InChI is InChI=1S/C13H24/c1-5-6-7-11(3)13-9-10(2)8-12(13)4/h11-13H,2,5-9H2,1,3-4H3. The van der Waals surface area contributed by atoms with Crippen molar-refractivity contribution in [3.63, 3.8) is 0 Å². The molecule has 0 bridgehead atoms. The highest BCUT2D eigenvalue weighted by Crippen LogP contribution is 2.40. The lowest BCUT2D eigenvalue weighted by molar-refractivity contribution is 0.276. The molecule has 0 nitrogen and oxygen atoms in total. The van der Waals surface area contributed by atoms with E-state index < -0.39 is 0 Å². The third kappa shape index (κ3) is 2.86. The fourth-order valence-corrected chi connectivity index (χ4v) is 2.73. The van der Waals surface area contributed by atoms with Crippen molar-refractivity contribution in [3.8, 4) is 0 Å². The van der Waals surface area contributed by atoms with Crippen molar-refractivity contribution < 1.29 is 0 Å². The van der Waals surface area contributed by atoms with Gasteiger partial charge in [0.05, 0.1) is 0 Å². The van der Waals surface area contributed by atoms with Gasteiger partial charge < -0.3 is 0 Å². The fourth-order valence-electron chi connectivity index (χ4n) is 2.73. The lowest BCUT2D eigenvalue weighted by Gasteiger charge is -2.22. The smallest absolute Gasteiger partial charge is 0.0289 e. The van der Waals surface area contributed by atoms with Crippen LogP contribution in [0.2, 0.25) is 0 Å². The van der Waals surface area contributed by atoms with Crippen molar-refractivity contribution >= 4 is 0 Å². The summed E-state index contributed by atoms with van der Waals surface area (Å²) in [5, 5.41) is 0. The molecule has 0 heterocycles. The largest absolute Gasteiger partial charge is 0.0998 e. The van der Waals surface area contributed by atoms with Crippen LogP contribution in [0, 0.1) is 17.8 Å². The molecule has 1 fully saturated rings. The summed E-state index contributed by atoms with van der Waals surface area (Å²) in [7, 11) is 0. The van der Waals surface area contributed by atoms with Gasteiger partial charge in [-0.05, 0) is 30.6 Å². The second kappa shape index (κ2) is 4.83. The minimum Gasteiger partial charge on any atom is -0.0998 e. The van der Waals surface area contributed by atoms with E-state index in [-0.39, 0.29) is 0 Å². The summed E-state index contributed by atoms with van der Waals surface area (Å²) >= 11 is 0. The van der Waals surface area contributed by atoms with Gasteiger partial charge in [0.2, 0.25) is 0 Å². The van der Waals surface area contributed by atoms with Gasteiger partial charge in [0.1, 0.15) is 0 Å². The SMILES string of the molecule is C=C1CC(C)C(C(C)CCCC)C1. The summed E-state index contributed by atoms with van der Waals surface area (Å²) in [5.41, 5.74) is 1.49. The quantitative estimate of drug-likeness (QED) is 0.562. The summed E-state index contributed by atoms with van der Waals surface area (Å²) in [6.45, 7) is 11.2. The molecule has 1 aliphatic carbocycles. The van der Waals surface area contributed by atoms with Crippen LogP contribution in [-0.2, 0) is 0 Å². The van der Waals surface area contributed by atoms with Gasteiger partial charge in [0, 0.05) is 0 Å². The molecule has 3 atom stereocenters. The highest BCUT2D eigenvalue weighted by Gasteiger charge is 2.29. The van der Waals surface area contributed by atoms with E-state index in [2.05, 4.69) is 27.4 Å². The minimum absolute atomic E-state index is 0.888. The summed E-state index contributed by atoms with van der Waals surface area (Å²) in [5.74, 6) is 2.73. The number of hydrogen-bond acceptors (Lipinski definition) is 0. The van der Waals surface area contributed by atoms with E-state index in [1.165, 1.54) is 37.7 Å². The van der Waals surface area contributed by atoms with Crippen LogP contribution < -0.4 is 0 Å². The molecule has 0 N–H and O–H groups in total. The van der Waals surface area contributed by atoms with Gasteiger partial charge in [-0.25, -0.2) is 0 Å². The van der Waals surface area contributed by atoms with E-state index in [9.17, 15) is 0 Å². The van der Waals surface area contributed by atoms with Crippen molar-refractivity contribution in [3.05, 3.63) is 12.2 Å². The highest BCUT2D eigenvalue weighted by molar-refractivity contribution is 5.05. The van der Waals surface area contributed by atoms with Crippen LogP contribution in [0.3, 0.4) is 0 Å². The van der Waals surface area contributed by atoms with Gasteiger partial charge in [-0.1, -0.05) is 52.2 Å². The second-order valence-electron chi connectivity index (χ2n) is 4.92. The van der Waals surface area contributed by atoms with Crippen LogP contribution in [0.1, 0.15) is 52.9 Å².